The van der Waals surface area contributed by atoms with Gasteiger partial charge in [0.25, 0.3) is 5.91 Å². The van der Waals surface area contributed by atoms with Gasteiger partial charge in [-0.05, 0) is 44.5 Å². The molecule has 1 amide bonds. The fourth-order valence-electron chi connectivity index (χ4n) is 3.83. The number of amides is 1. The van der Waals surface area contributed by atoms with Crippen molar-refractivity contribution in [2.24, 2.45) is 0 Å². The van der Waals surface area contributed by atoms with Crippen molar-refractivity contribution in [1.82, 2.24) is 19.8 Å². The summed E-state index contributed by atoms with van der Waals surface area (Å²) in [5, 5.41) is 0. The lowest BCUT2D eigenvalue weighted by Gasteiger charge is -2.43. The number of piperazine rings is 1. The summed E-state index contributed by atoms with van der Waals surface area (Å²) in [5.74, 6) is 0.909. The quantitative estimate of drug-likeness (QED) is 0.770. The van der Waals surface area contributed by atoms with E-state index in [1.54, 1.807) is 12.4 Å². The van der Waals surface area contributed by atoms with Crippen molar-refractivity contribution in [3.8, 4) is 0 Å². The predicted octanol–water partition coefficient (Wildman–Crippen LogP) is 3.06. The van der Waals surface area contributed by atoms with Crippen LogP contribution in [0.25, 0.3) is 0 Å². The van der Waals surface area contributed by atoms with Crippen LogP contribution in [0.2, 0.25) is 0 Å². The Hall–Kier alpha value is -2.47. The van der Waals surface area contributed by atoms with Crippen LogP contribution in [0.4, 0.5) is 5.82 Å². The summed E-state index contributed by atoms with van der Waals surface area (Å²) < 4.78 is 0. The van der Waals surface area contributed by atoms with Gasteiger partial charge >= 0.3 is 0 Å². The molecule has 3 rings (SSSR count). The first-order valence-electron chi connectivity index (χ1n) is 10.1. The van der Waals surface area contributed by atoms with Crippen molar-refractivity contribution >= 4 is 11.7 Å². The zero-order valence-corrected chi connectivity index (χ0v) is 17.4. The molecule has 2 aromatic heterocycles. The Morgan fingerprint density at radius 3 is 2.64 bits per heavy atom. The number of aromatic nitrogens is 2. The molecule has 3 heterocycles. The summed E-state index contributed by atoms with van der Waals surface area (Å²) in [6, 6.07) is 10.6. The highest BCUT2D eigenvalue weighted by Gasteiger charge is 2.30. The summed E-state index contributed by atoms with van der Waals surface area (Å²) in [4.78, 5) is 28.3. The molecule has 0 radical (unpaired) electrons. The van der Waals surface area contributed by atoms with Gasteiger partial charge in [-0.15, -0.1) is 0 Å². The minimum absolute atomic E-state index is 0.0771. The second-order valence-corrected chi connectivity index (χ2v) is 7.73. The van der Waals surface area contributed by atoms with E-state index in [-0.39, 0.29) is 5.91 Å². The van der Waals surface area contributed by atoms with Crippen LogP contribution in [0, 0.1) is 0 Å². The molecule has 2 aromatic rings. The molecule has 1 aliphatic rings. The highest BCUT2D eigenvalue weighted by molar-refractivity contribution is 5.94. The van der Waals surface area contributed by atoms with Crippen molar-refractivity contribution in [1.29, 1.82) is 0 Å². The lowest BCUT2D eigenvalue weighted by molar-refractivity contribution is 0.0371. The molecule has 28 heavy (non-hydrogen) atoms. The number of nitrogens with zero attached hydrogens (tertiary/aromatic N) is 5. The SMILES string of the molecule is CCC1CN(C(=O)c2ccc(N(C)Cc3ccccn3)nc2)CCN1C(C)C. The molecular weight excluding hydrogens is 350 g/mol. The Balaban J connectivity index is 1.63. The molecule has 0 N–H and O–H groups in total. The van der Waals surface area contributed by atoms with Gasteiger partial charge in [0.15, 0.2) is 0 Å². The summed E-state index contributed by atoms with van der Waals surface area (Å²) in [6.45, 7) is 9.82. The summed E-state index contributed by atoms with van der Waals surface area (Å²) in [7, 11) is 1.98. The number of hydrogen-bond donors (Lipinski definition) is 0. The van der Waals surface area contributed by atoms with Crippen LogP contribution in [-0.2, 0) is 6.54 Å². The van der Waals surface area contributed by atoms with Crippen LogP contribution in [0.5, 0.6) is 0 Å². The van der Waals surface area contributed by atoms with Crippen LogP contribution in [-0.4, -0.2) is 64.4 Å². The molecule has 1 unspecified atom stereocenters. The highest BCUT2D eigenvalue weighted by atomic mass is 16.2. The average Bonchev–Trinajstić information content (AvgIpc) is 2.73. The molecule has 0 bridgehead atoms. The van der Waals surface area contributed by atoms with Crippen LogP contribution < -0.4 is 4.90 Å². The zero-order valence-electron chi connectivity index (χ0n) is 17.4. The van der Waals surface area contributed by atoms with Gasteiger partial charge in [0, 0.05) is 51.2 Å². The number of pyridine rings is 2. The fourth-order valence-corrected chi connectivity index (χ4v) is 3.83. The second-order valence-electron chi connectivity index (χ2n) is 7.73. The maximum absolute atomic E-state index is 13.0. The van der Waals surface area contributed by atoms with Gasteiger partial charge in [-0.2, -0.15) is 0 Å². The predicted molar refractivity (Wildman–Crippen MR) is 112 cm³/mol. The molecule has 6 heteroatoms. The standard InChI is InChI=1S/C22H31N5O/c1-5-20-16-26(12-13-27(20)17(2)3)22(28)18-9-10-21(24-14-18)25(4)15-19-8-6-7-11-23-19/h6-11,14,17,20H,5,12-13,15-16H2,1-4H3. The Labute approximate surface area is 168 Å². The van der Waals surface area contributed by atoms with Gasteiger partial charge in [0.1, 0.15) is 5.82 Å². The second kappa shape index (κ2) is 9.15. The molecule has 0 saturated carbocycles. The van der Waals surface area contributed by atoms with Gasteiger partial charge in [-0.1, -0.05) is 13.0 Å². The first-order chi connectivity index (χ1) is 13.5. The van der Waals surface area contributed by atoms with Gasteiger partial charge < -0.3 is 9.80 Å². The molecule has 1 fully saturated rings. The Morgan fingerprint density at radius 1 is 1.21 bits per heavy atom. The van der Waals surface area contributed by atoms with E-state index in [9.17, 15) is 4.79 Å². The smallest absolute Gasteiger partial charge is 0.255 e. The van der Waals surface area contributed by atoms with E-state index >= 15 is 0 Å². The molecular formula is C22H31N5O. The van der Waals surface area contributed by atoms with Crippen molar-refractivity contribution in [2.45, 2.75) is 45.8 Å². The van der Waals surface area contributed by atoms with E-state index in [0.29, 0.717) is 24.2 Å². The van der Waals surface area contributed by atoms with Gasteiger partial charge in [0.2, 0.25) is 0 Å². The van der Waals surface area contributed by atoms with Crippen LogP contribution in [0.3, 0.4) is 0 Å². The van der Waals surface area contributed by atoms with E-state index in [0.717, 1.165) is 37.6 Å². The number of carbonyl (C=O) groups is 1. The molecule has 1 saturated heterocycles. The number of hydrogen-bond acceptors (Lipinski definition) is 5. The molecule has 6 nitrogen and oxygen atoms in total. The van der Waals surface area contributed by atoms with Gasteiger partial charge in [0.05, 0.1) is 17.8 Å². The van der Waals surface area contributed by atoms with E-state index in [2.05, 4.69) is 35.6 Å². The average molecular weight is 382 g/mol. The Bertz CT molecular complexity index is 762. The number of rotatable bonds is 6. The maximum atomic E-state index is 13.0. The lowest BCUT2D eigenvalue weighted by atomic mass is 10.1. The van der Waals surface area contributed by atoms with Crippen molar-refractivity contribution in [2.75, 3.05) is 31.6 Å². The number of carbonyl (C=O) groups excluding carboxylic acids is 1. The lowest BCUT2D eigenvalue weighted by Crippen LogP contribution is -2.56. The molecule has 150 valence electrons. The third-order valence-corrected chi connectivity index (χ3v) is 5.46. The summed E-state index contributed by atoms with van der Waals surface area (Å²) in [6.07, 6.45) is 4.54. The Kier molecular flexibility index (Phi) is 6.62. The minimum atomic E-state index is 0.0771. The third-order valence-electron chi connectivity index (χ3n) is 5.46. The highest BCUT2D eigenvalue weighted by Crippen LogP contribution is 2.19. The third kappa shape index (κ3) is 4.68. The fraction of sp³-hybridized carbons (Fsp3) is 0.500. The van der Waals surface area contributed by atoms with Crippen LogP contribution in [0.1, 0.15) is 43.2 Å². The largest absolute Gasteiger partial charge is 0.354 e. The van der Waals surface area contributed by atoms with E-state index in [1.165, 1.54) is 0 Å². The van der Waals surface area contributed by atoms with Crippen LogP contribution in [0.15, 0.2) is 42.7 Å². The first-order valence-corrected chi connectivity index (χ1v) is 10.1. The van der Waals surface area contributed by atoms with Gasteiger partial charge in [-0.25, -0.2) is 4.98 Å². The zero-order chi connectivity index (χ0) is 20.1. The molecule has 1 aliphatic heterocycles. The van der Waals surface area contributed by atoms with E-state index in [4.69, 9.17) is 0 Å². The first kappa shape index (κ1) is 20.3. The maximum Gasteiger partial charge on any atom is 0.255 e. The molecule has 0 aromatic carbocycles. The normalized spacial score (nSPS) is 17.8. The van der Waals surface area contributed by atoms with Crippen LogP contribution >= 0.6 is 0 Å². The van der Waals surface area contributed by atoms with Crippen molar-refractivity contribution in [3.05, 3.63) is 54.0 Å². The molecule has 0 aliphatic carbocycles. The summed E-state index contributed by atoms with van der Waals surface area (Å²) in [5.41, 5.74) is 1.64. The molecule has 1 atom stereocenters. The molecule has 0 spiro atoms. The minimum Gasteiger partial charge on any atom is -0.354 e. The van der Waals surface area contributed by atoms with E-state index < -0.39 is 0 Å². The summed E-state index contributed by atoms with van der Waals surface area (Å²) >= 11 is 0. The van der Waals surface area contributed by atoms with Crippen molar-refractivity contribution in [3.63, 3.8) is 0 Å². The number of anilines is 1. The van der Waals surface area contributed by atoms with Crippen molar-refractivity contribution < 1.29 is 4.79 Å². The van der Waals surface area contributed by atoms with Gasteiger partial charge in [-0.3, -0.25) is 14.7 Å². The Morgan fingerprint density at radius 2 is 2.04 bits per heavy atom. The monoisotopic (exact) mass is 381 g/mol. The topological polar surface area (TPSA) is 52.6 Å². The van der Waals surface area contributed by atoms with E-state index in [1.807, 2.05) is 47.2 Å².